The Labute approximate surface area is 194 Å². The monoisotopic (exact) mass is 495 g/mol. The van der Waals surface area contributed by atoms with Gasteiger partial charge >= 0.3 is 11.6 Å². The molecule has 2 heterocycles. The summed E-state index contributed by atoms with van der Waals surface area (Å²) in [4.78, 5) is 24.4. The van der Waals surface area contributed by atoms with Crippen LogP contribution >= 0.6 is 23.2 Å². The fraction of sp³-hybridized carbons (Fsp3) is 0.273. The summed E-state index contributed by atoms with van der Waals surface area (Å²) in [5.74, 6) is -0.751. The summed E-state index contributed by atoms with van der Waals surface area (Å²) in [7, 11) is -3.81. The Balaban J connectivity index is 1.61. The highest BCUT2D eigenvalue weighted by Crippen LogP contribution is 2.29. The highest BCUT2D eigenvalue weighted by atomic mass is 35.5. The summed E-state index contributed by atoms with van der Waals surface area (Å²) in [5.41, 5.74) is 0.940. The van der Waals surface area contributed by atoms with Crippen molar-refractivity contribution in [2.75, 3.05) is 13.1 Å². The van der Waals surface area contributed by atoms with Gasteiger partial charge in [-0.25, -0.2) is 18.0 Å². The molecule has 1 fully saturated rings. The average Bonchev–Trinajstić information content (AvgIpc) is 3.29. The lowest BCUT2D eigenvalue weighted by atomic mass is 10.1. The van der Waals surface area contributed by atoms with Crippen LogP contribution in [0, 0.1) is 6.92 Å². The summed E-state index contributed by atoms with van der Waals surface area (Å²) in [6.07, 6.45) is 1.56. The van der Waals surface area contributed by atoms with Gasteiger partial charge < -0.3 is 9.15 Å². The minimum atomic E-state index is -3.81. The number of carbonyl (C=O) groups excluding carboxylic acids is 1. The van der Waals surface area contributed by atoms with Crippen molar-refractivity contribution < 1.29 is 22.4 Å². The van der Waals surface area contributed by atoms with Gasteiger partial charge in [-0.3, -0.25) is 0 Å². The van der Waals surface area contributed by atoms with E-state index < -0.39 is 21.6 Å². The Bertz CT molecular complexity index is 1380. The van der Waals surface area contributed by atoms with E-state index >= 15 is 0 Å². The molecule has 32 heavy (non-hydrogen) atoms. The summed E-state index contributed by atoms with van der Waals surface area (Å²) in [5, 5.41) is 1.06. The second-order valence-corrected chi connectivity index (χ2v) is 10.2. The lowest BCUT2D eigenvalue weighted by Crippen LogP contribution is -2.28. The molecule has 0 unspecified atom stereocenters. The standard InChI is InChI=1S/C22H19Cl2NO6S/c1-13-8-19-16(11-18(13)24)15(10-21(26)31-19)12-30-22(27)14-4-5-17(23)20(9-14)32(28,29)25-6-2-3-7-25/h4-5,8-11H,2-3,6-7,12H2,1H3. The first-order valence-electron chi connectivity index (χ1n) is 9.86. The number of rotatable bonds is 5. The molecule has 0 spiro atoms. The van der Waals surface area contributed by atoms with E-state index in [1.807, 2.05) is 0 Å². The van der Waals surface area contributed by atoms with E-state index in [0.717, 1.165) is 18.4 Å². The Morgan fingerprint density at radius 3 is 2.53 bits per heavy atom. The smallest absolute Gasteiger partial charge is 0.338 e. The van der Waals surface area contributed by atoms with Crippen LogP contribution in [0.15, 0.2) is 50.5 Å². The fourth-order valence-corrected chi connectivity index (χ4v) is 5.77. The Hall–Kier alpha value is -2.39. The topological polar surface area (TPSA) is 93.9 Å². The van der Waals surface area contributed by atoms with Crippen LogP contribution < -0.4 is 5.63 Å². The predicted molar refractivity (Wildman–Crippen MR) is 121 cm³/mol. The van der Waals surface area contributed by atoms with Crippen LogP contribution in [-0.4, -0.2) is 31.8 Å². The largest absolute Gasteiger partial charge is 0.457 e. The number of fused-ring (bicyclic) bond motifs is 1. The van der Waals surface area contributed by atoms with Crippen molar-refractivity contribution in [1.82, 2.24) is 4.31 Å². The second-order valence-electron chi connectivity index (χ2n) is 7.52. The van der Waals surface area contributed by atoms with Gasteiger partial charge in [0.2, 0.25) is 10.0 Å². The first kappa shape index (κ1) is 22.8. The van der Waals surface area contributed by atoms with E-state index in [1.165, 1.54) is 28.6 Å². The van der Waals surface area contributed by atoms with Crippen LogP contribution in [0.3, 0.4) is 0 Å². The number of carbonyl (C=O) groups is 1. The molecule has 0 amide bonds. The molecule has 1 aliphatic rings. The van der Waals surface area contributed by atoms with Crippen molar-refractivity contribution in [2.24, 2.45) is 0 Å². The first-order chi connectivity index (χ1) is 15.2. The second kappa shape index (κ2) is 8.86. The number of esters is 1. The molecule has 0 saturated carbocycles. The lowest BCUT2D eigenvalue weighted by molar-refractivity contribution is 0.0473. The van der Waals surface area contributed by atoms with Crippen molar-refractivity contribution in [3.63, 3.8) is 0 Å². The van der Waals surface area contributed by atoms with Crippen molar-refractivity contribution in [1.29, 1.82) is 0 Å². The number of aryl methyl sites for hydroxylation is 1. The summed E-state index contributed by atoms with van der Waals surface area (Å²) >= 11 is 12.3. The molecular weight excluding hydrogens is 477 g/mol. The molecular formula is C22H19Cl2NO6S. The zero-order chi connectivity index (χ0) is 23.0. The van der Waals surface area contributed by atoms with Crippen LogP contribution in [-0.2, 0) is 21.4 Å². The van der Waals surface area contributed by atoms with Crippen LogP contribution in [0.25, 0.3) is 11.0 Å². The zero-order valence-electron chi connectivity index (χ0n) is 17.1. The minimum Gasteiger partial charge on any atom is -0.457 e. The lowest BCUT2D eigenvalue weighted by Gasteiger charge is -2.17. The van der Waals surface area contributed by atoms with Crippen molar-refractivity contribution in [3.8, 4) is 0 Å². The molecule has 1 saturated heterocycles. The highest BCUT2D eigenvalue weighted by molar-refractivity contribution is 7.89. The van der Waals surface area contributed by atoms with Gasteiger partial charge in [-0.1, -0.05) is 23.2 Å². The van der Waals surface area contributed by atoms with E-state index in [0.29, 0.717) is 34.6 Å². The van der Waals surface area contributed by atoms with Gasteiger partial charge in [-0.05, 0) is 55.7 Å². The summed E-state index contributed by atoms with van der Waals surface area (Å²) in [6, 6.07) is 8.48. The Kier molecular flexibility index (Phi) is 6.31. The van der Waals surface area contributed by atoms with Crippen LogP contribution in [0.1, 0.15) is 34.3 Å². The maximum Gasteiger partial charge on any atom is 0.338 e. The molecule has 7 nitrogen and oxygen atoms in total. The average molecular weight is 496 g/mol. The van der Waals surface area contributed by atoms with Gasteiger partial charge in [-0.15, -0.1) is 0 Å². The van der Waals surface area contributed by atoms with Gasteiger partial charge in [0.15, 0.2) is 0 Å². The number of hydrogen-bond acceptors (Lipinski definition) is 6. The number of hydrogen-bond donors (Lipinski definition) is 0. The SMILES string of the molecule is Cc1cc2oc(=O)cc(COC(=O)c3ccc(Cl)c(S(=O)(=O)N4CCCC4)c3)c2cc1Cl. The fourth-order valence-electron chi connectivity index (χ4n) is 3.59. The van der Waals surface area contributed by atoms with E-state index in [9.17, 15) is 18.0 Å². The van der Waals surface area contributed by atoms with Gasteiger partial charge in [0.05, 0.1) is 10.6 Å². The van der Waals surface area contributed by atoms with Gasteiger partial charge in [-0.2, -0.15) is 4.31 Å². The number of sulfonamides is 1. The molecule has 1 aromatic heterocycles. The molecule has 0 radical (unpaired) electrons. The quantitative estimate of drug-likeness (QED) is 0.380. The Morgan fingerprint density at radius 2 is 1.81 bits per heavy atom. The van der Waals surface area contributed by atoms with E-state index in [-0.39, 0.29) is 22.1 Å². The number of benzene rings is 2. The minimum absolute atomic E-state index is 0.0325. The molecule has 168 valence electrons. The maximum absolute atomic E-state index is 12.9. The highest BCUT2D eigenvalue weighted by Gasteiger charge is 2.30. The van der Waals surface area contributed by atoms with E-state index in [1.54, 1.807) is 19.1 Å². The molecule has 0 aliphatic carbocycles. The molecule has 0 atom stereocenters. The van der Waals surface area contributed by atoms with Gasteiger partial charge in [0.1, 0.15) is 17.1 Å². The normalized spacial score (nSPS) is 14.7. The third-order valence-electron chi connectivity index (χ3n) is 5.32. The van der Waals surface area contributed by atoms with Crippen LogP contribution in [0.5, 0.6) is 0 Å². The number of ether oxygens (including phenoxy) is 1. The van der Waals surface area contributed by atoms with Crippen molar-refractivity contribution in [2.45, 2.75) is 31.3 Å². The van der Waals surface area contributed by atoms with E-state index in [2.05, 4.69) is 0 Å². The zero-order valence-corrected chi connectivity index (χ0v) is 19.4. The summed E-state index contributed by atoms with van der Waals surface area (Å²) < 4.78 is 37.7. The third kappa shape index (κ3) is 4.41. The van der Waals surface area contributed by atoms with Crippen molar-refractivity contribution in [3.05, 3.63) is 73.6 Å². The van der Waals surface area contributed by atoms with Crippen LogP contribution in [0.4, 0.5) is 0 Å². The molecule has 1 aliphatic heterocycles. The number of halogens is 2. The number of nitrogens with zero attached hydrogens (tertiary/aromatic N) is 1. The molecule has 0 N–H and O–H groups in total. The van der Waals surface area contributed by atoms with Crippen LogP contribution in [0.2, 0.25) is 10.0 Å². The van der Waals surface area contributed by atoms with Gasteiger partial charge in [0, 0.05) is 35.1 Å². The summed E-state index contributed by atoms with van der Waals surface area (Å²) in [6.45, 7) is 2.39. The molecule has 4 rings (SSSR count). The first-order valence-corrected chi connectivity index (χ1v) is 12.1. The molecule has 2 aromatic carbocycles. The molecule has 0 bridgehead atoms. The maximum atomic E-state index is 12.9. The molecule has 10 heteroatoms. The van der Waals surface area contributed by atoms with E-state index in [4.69, 9.17) is 32.4 Å². The predicted octanol–water partition coefficient (Wildman–Crippen LogP) is 4.55. The third-order valence-corrected chi connectivity index (χ3v) is 8.11. The molecule has 3 aromatic rings. The van der Waals surface area contributed by atoms with Gasteiger partial charge in [0.25, 0.3) is 0 Å². The Morgan fingerprint density at radius 1 is 1.09 bits per heavy atom. The van der Waals surface area contributed by atoms with Crippen molar-refractivity contribution >= 4 is 50.2 Å².